The monoisotopic (exact) mass is 320 g/mol. The van der Waals surface area contributed by atoms with Gasteiger partial charge >= 0.3 is 0 Å². The second-order valence-corrected chi connectivity index (χ2v) is 6.51. The lowest BCUT2D eigenvalue weighted by molar-refractivity contribution is -0.133. The molecule has 126 valence electrons. The second-order valence-electron chi connectivity index (χ2n) is 6.51. The first-order valence-electron chi connectivity index (χ1n) is 8.10. The number of ether oxygens (including phenoxy) is 1. The summed E-state index contributed by atoms with van der Waals surface area (Å²) < 4.78 is 7.34. The minimum Gasteiger partial charge on any atom is -0.378 e. The van der Waals surface area contributed by atoms with Crippen LogP contribution in [0, 0.1) is 19.8 Å². The number of rotatable bonds is 3. The van der Waals surface area contributed by atoms with Gasteiger partial charge in [0.25, 0.3) is 0 Å². The summed E-state index contributed by atoms with van der Waals surface area (Å²) in [5, 5.41) is 7.34. The van der Waals surface area contributed by atoms with Crippen LogP contribution in [0.3, 0.4) is 0 Å². The molecular weight excluding hydrogens is 296 g/mol. The summed E-state index contributed by atoms with van der Waals surface area (Å²) in [5.41, 5.74) is 3.23. The fourth-order valence-corrected chi connectivity index (χ4v) is 3.40. The zero-order valence-corrected chi connectivity index (χ0v) is 14.0. The number of nitrogens with zero attached hydrogens (tertiary/aromatic N) is 3. The number of aryl methyl sites for hydroxylation is 2. The van der Waals surface area contributed by atoms with Crippen LogP contribution < -0.4 is 5.32 Å². The zero-order chi connectivity index (χ0) is 16.6. The lowest BCUT2D eigenvalue weighted by Gasteiger charge is -2.27. The molecule has 0 unspecified atom stereocenters. The Morgan fingerprint density at radius 2 is 2.13 bits per heavy atom. The molecule has 2 amide bonds. The third-order valence-corrected chi connectivity index (χ3v) is 4.84. The molecule has 0 radical (unpaired) electrons. The van der Waals surface area contributed by atoms with Gasteiger partial charge in [-0.2, -0.15) is 5.10 Å². The molecule has 7 heteroatoms. The van der Waals surface area contributed by atoms with Gasteiger partial charge in [0.05, 0.1) is 30.9 Å². The Balaban J connectivity index is 1.65. The highest BCUT2D eigenvalue weighted by Gasteiger charge is 2.34. The Bertz CT molecular complexity index is 625. The third-order valence-electron chi connectivity index (χ3n) is 4.84. The van der Waals surface area contributed by atoms with Crippen LogP contribution in [-0.2, 0) is 27.8 Å². The van der Waals surface area contributed by atoms with Crippen molar-refractivity contribution in [1.82, 2.24) is 20.0 Å². The Labute approximate surface area is 136 Å². The van der Waals surface area contributed by atoms with Crippen molar-refractivity contribution in [3.63, 3.8) is 0 Å². The van der Waals surface area contributed by atoms with Crippen molar-refractivity contribution in [3.05, 3.63) is 17.0 Å². The van der Waals surface area contributed by atoms with E-state index in [1.807, 2.05) is 30.5 Å². The first-order chi connectivity index (χ1) is 11.0. The van der Waals surface area contributed by atoms with Gasteiger partial charge in [-0.3, -0.25) is 14.3 Å². The summed E-state index contributed by atoms with van der Waals surface area (Å²) in [7, 11) is 1.92. The molecule has 1 aromatic heterocycles. The van der Waals surface area contributed by atoms with Crippen LogP contribution in [0.15, 0.2) is 0 Å². The molecule has 0 aromatic carbocycles. The van der Waals surface area contributed by atoms with E-state index in [0.29, 0.717) is 39.1 Å². The van der Waals surface area contributed by atoms with Crippen molar-refractivity contribution < 1.29 is 14.3 Å². The molecule has 0 aliphatic carbocycles. The highest BCUT2D eigenvalue weighted by Crippen LogP contribution is 2.17. The predicted octanol–water partition coefficient (Wildman–Crippen LogP) is -0.0571. The Kier molecular flexibility index (Phi) is 4.39. The Morgan fingerprint density at radius 1 is 1.35 bits per heavy atom. The van der Waals surface area contributed by atoms with E-state index in [4.69, 9.17) is 4.74 Å². The van der Waals surface area contributed by atoms with E-state index in [0.717, 1.165) is 17.0 Å². The highest BCUT2D eigenvalue weighted by atomic mass is 16.5. The van der Waals surface area contributed by atoms with E-state index in [9.17, 15) is 9.59 Å². The zero-order valence-electron chi connectivity index (χ0n) is 14.0. The van der Waals surface area contributed by atoms with Crippen LogP contribution in [0.1, 0.15) is 23.4 Å². The summed E-state index contributed by atoms with van der Waals surface area (Å²) in [6.45, 7) is 5.86. The van der Waals surface area contributed by atoms with Crippen molar-refractivity contribution in [2.45, 2.75) is 32.7 Å². The molecule has 7 nitrogen and oxygen atoms in total. The molecule has 2 bridgehead atoms. The third kappa shape index (κ3) is 3.24. The fraction of sp³-hybridized carbons (Fsp3) is 0.688. The lowest BCUT2D eigenvalue weighted by Crippen LogP contribution is -2.44. The number of carbonyl (C=O) groups is 2. The van der Waals surface area contributed by atoms with Gasteiger partial charge in [-0.15, -0.1) is 0 Å². The van der Waals surface area contributed by atoms with Crippen LogP contribution >= 0.6 is 0 Å². The lowest BCUT2D eigenvalue weighted by atomic mass is 10.1. The summed E-state index contributed by atoms with van der Waals surface area (Å²) in [4.78, 5) is 26.4. The van der Waals surface area contributed by atoms with Crippen molar-refractivity contribution in [2.75, 3.05) is 26.3 Å². The number of nitrogens with one attached hydrogen (secondary N) is 1. The van der Waals surface area contributed by atoms with E-state index >= 15 is 0 Å². The Morgan fingerprint density at radius 3 is 2.83 bits per heavy atom. The minimum absolute atomic E-state index is 0.00162. The first-order valence-corrected chi connectivity index (χ1v) is 8.10. The van der Waals surface area contributed by atoms with Gasteiger partial charge in [0, 0.05) is 32.3 Å². The van der Waals surface area contributed by atoms with Crippen molar-refractivity contribution in [2.24, 2.45) is 13.0 Å². The molecule has 2 saturated heterocycles. The number of hydrogen-bond donors (Lipinski definition) is 1. The topological polar surface area (TPSA) is 76.5 Å². The summed E-state index contributed by atoms with van der Waals surface area (Å²) >= 11 is 0. The maximum atomic E-state index is 12.6. The van der Waals surface area contributed by atoms with Crippen LogP contribution in [0.4, 0.5) is 0 Å². The molecule has 2 aliphatic rings. The van der Waals surface area contributed by atoms with Gasteiger partial charge in [0.2, 0.25) is 11.8 Å². The SMILES string of the molecule is Cc1nn(C)c(C)c1CCC(=O)N1C[C@H]2COC[C@@H](C1)C(=O)N2. The number of amides is 2. The van der Waals surface area contributed by atoms with E-state index < -0.39 is 0 Å². The van der Waals surface area contributed by atoms with Crippen LogP contribution in [-0.4, -0.2) is 58.8 Å². The second kappa shape index (κ2) is 6.31. The van der Waals surface area contributed by atoms with E-state index in [-0.39, 0.29) is 23.8 Å². The number of aromatic nitrogens is 2. The average molecular weight is 320 g/mol. The van der Waals surface area contributed by atoms with E-state index in [1.54, 1.807) is 0 Å². The van der Waals surface area contributed by atoms with Crippen molar-refractivity contribution in [3.8, 4) is 0 Å². The molecule has 2 fully saturated rings. The minimum atomic E-state index is -0.256. The van der Waals surface area contributed by atoms with Crippen molar-refractivity contribution >= 4 is 11.8 Å². The van der Waals surface area contributed by atoms with Gasteiger partial charge in [0.1, 0.15) is 0 Å². The van der Waals surface area contributed by atoms with E-state index in [2.05, 4.69) is 10.4 Å². The summed E-state index contributed by atoms with van der Waals surface area (Å²) in [6, 6.07) is -0.0965. The average Bonchev–Trinajstić information content (AvgIpc) is 2.64. The Hall–Kier alpha value is -1.89. The van der Waals surface area contributed by atoms with Crippen LogP contribution in [0.25, 0.3) is 0 Å². The molecule has 3 heterocycles. The number of fused-ring (bicyclic) bond motifs is 3. The first kappa shape index (κ1) is 16.0. The fourth-order valence-electron chi connectivity index (χ4n) is 3.40. The molecule has 3 rings (SSSR count). The number of carbonyl (C=O) groups excluding carboxylic acids is 2. The maximum absolute atomic E-state index is 12.6. The van der Waals surface area contributed by atoms with Gasteiger partial charge in [-0.25, -0.2) is 0 Å². The van der Waals surface area contributed by atoms with Gasteiger partial charge in [-0.05, 0) is 25.8 Å². The molecule has 0 spiro atoms. The van der Waals surface area contributed by atoms with Crippen LogP contribution in [0.2, 0.25) is 0 Å². The van der Waals surface area contributed by atoms with Gasteiger partial charge in [0.15, 0.2) is 0 Å². The van der Waals surface area contributed by atoms with Crippen molar-refractivity contribution in [1.29, 1.82) is 0 Å². The molecule has 1 N–H and O–H groups in total. The maximum Gasteiger partial charge on any atom is 0.227 e. The van der Waals surface area contributed by atoms with Crippen LogP contribution in [0.5, 0.6) is 0 Å². The molecule has 1 aromatic rings. The largest absolute Gasteiger partial charge is 0.378 e. The summed E-state index contributed by atoms with van der Waals surface area (Å²) in [5.74, 6) is -0.156. The van der Waals surface area contributed by atoms with Gasteiger partial charge < -0.3 is 15.0 Å². The van der Waals surface area contributed by atoms with E-state index in [1.165, 1.54) is 0 Å². The smallest absolute Gasteiger partial charge is 0.227 e. The molecule has 23 heavy (non-hydrogen) atoms. The van der Waals surface area contributed by atoms with Gasteiger partial charge in [-0.1, -0.05) is 0 Å². The molecule has 2 aliphatic heterocycles. The standard InChI is InChI=1S/C16H24N4O3/c1-10-14(11(2)19(3)18-10)4-5-15(21)20-6-12-8-23-9-13(7-20)17-16(12)22/h12-13H,4-9H2,1-3H3,(H,17,22)/t12-,13+/m1/s1. The number of hydrogen-bond acceptors (Lipinski definition) is 4. The quantitative estimate of drug-likeness (QED) is 0.847. The highest BCUT2D eigenvalue weighted by molar-refractivity contribution is 5.82. The molecule has 2 atom stereocenters. The normalized spacial score (nSPS) is 24.3. The molecule has 0 saturated carbocycles. The predicted molar refractivity (Wildman–Crippen MR) is 83.8 cm³/mol. The summed E-state index contributed by atoms with van der Waals surface area (Å²) in [6.07, 6.45) is 1.13. The molecular formula is C16H24N4O3.